The predicted octanol–water partition coefficient (Wildman–Crippen LogP) is 4.79. The molecule has 0 saturated carbocycles. The number of aromatic amines is 1. The van der Waals surface area contributed by atoms with Crippen LogP contribution in [0.25, 0.3) is 17.1 Å². The third-order valence-electron chi connectivity index (χ3n) is 6.06. The first-order valence-electron chi connectivity index (χ1n) is 12.2. The van der Waals surface area contributed by atoms with Crippen LogP contribution < -0.4 is 5.32 Å². The lowest BCUT2D eigenvalue weighted by Crippen LogP contribution is -2.40. The lowest BCUT2D eigenvalue weighted by atomic mass is 10.1. The number of carbonyl (C=O) groups excluding carboxylic acids is 1. The van der Waals surface area contributed by atoms with Crippen LogP contribution in [0.5, 0.6) is 0 Å². The molecule has 11 heteroatoms. The van der Waals surface area contributed by atoms with Crippen molar-refractivity contribution in [2.75, 3.05) is 11.9 Å². The van der Waals surface area contributed by atoms with Crippen molar-refractivity contribution >= 4 is 17.7 Å². The summed E-state index contributed by atoms with van der Waals surface area (Å²) in [5, 5.41) is 15.3. The number of hydrogen-bond donors (Lipinski definition) is 2. The minimum atomic E-state index is -0.544. The molecule has 1 aromatic carbocycles. The topological polar surface area (TPSA) is 114 Å². The Morgan fingerprint density at radius 1 is 1.22 bits per heavy atom. The second-order valence-corrected chi connectivity index (χ2v) is 9.85. The third kappa shape index (κ3) is 5.16. The average Bonchev–Trinajstić information content (AvgIpc) is 3.47. The van der Waals surface area contributed by atoms with Crippen molar-refractivity contribution in [3.8, 4) is 17.1 Å². The largest absolute Gasteiger partial charge is 0.444 e. The van der Waals surface area contributed by atoms with Crippen molar-refractivity contribution in [3.05, 3.63) is 65.5 Å². The van der Waals surface area contributed by atoms with Gasteiger partial charge in [-0.15, -0.1) is 0 Å². The molecule has 0 atom stereocenters. The van der Waals surface area contributed by atoms with Crippen molar-refractivity contribution in [2.45, 2.75) is 52.7 Å². The number of nitrogens with one attached hydrogen (secondary N) is 2. The SMILES string of the molecule is CCc1c(Nc2cc(-n3ncc4c3CCN(C(=O)OC(C)(C)C)C4)ncn2)n[nH]c1-c1ccc(F)cc1. The van der Waals surface area contributed by atoms with Crippen LogP contribution in [0.3, 0.4) is 0 Å². The number of carbonyl (C=O) groups is 1. The Balaban J connectivity index is 1.36. The molecule has 4 aromatic rings. The standard InChI is InChI=1S/C26H29FN8O2/c1-5-19-23(16-6-8-18(27)9-7-16)32-33-24(19)31-21-12-22(29-15-28-21)35-20-10-11-34(14-17(20)13-30-35)25(36)37-26(2,3)4/h6-9,12-13,15H,5,10-11,14H2,1-4H3,(H2,28,29,31,32,33). The number of benzene rings is 1. The fraction of sp³-hybridized carbons (Fsp3) is 0.346. The molecule has 10 nitrogen and oxygen atoms in total. The summed E-state index contributed by atoms with van der Waals surface area (Å²) in [4.78, 5) is 23.0. The zero-order valence-corrected chi connectivity index (χ0v) is 21.2. The van der Waals surface area contributed by atoms with E-state index < -0.39 is 5.60 Å². The minimum absolute atomic E-state index is 0.286. The first-order valence-corrected chi connectivity index (χ1v) is 12.2. The number of fused-ring (bicyclic) bond motifs is 1. The fourth-order valence-corrected chi connectivity index (χ4v) is 4.33. The molecular formula is C26H29FN8O2. The molecular weight excluding hydrogens is 475 g/mol. The van der Waals surface area contributed by atoms with E-state index in [0.717, 1.165) is 28.1 Å². The van der Waals surface area contributed by atoms with Crippen molar-refractivity contribution in [1.29, 1.82) is 0 Å². The van der Waals surface area contributed by atoms with E-state index in [0.29, 0.717) is 43.4 Å². The predicted molar refractivity (Wildman–Crippen MR) is 136 cm³/mol. The van der Waals surface area contributed by atoms with E-state index in [1.54, 1.807) is 34.0 Å². The Hall–Kier alpha value is -4.28. The van der Waals surface area contributed by atoms with Crippen molar-refractivity contribution in [1.82, 2.24) is 34.8 Å². The molecule has 2 N–H and O–H groups in total. The van der Waals surface area contributed by atoms with Crippen molar-refractivity contribution in [2.24, 2.45) is 0 Å². The van der Waals surface area contributed by atoms with E-state index in [4.69, 9.17) is 4.74 Å². The zero-order chi connectivity index (χ0) is 26.2. The first kappa shape index (κ1) is 24.4. The summed E-state index contributed by atoms with van der Waals surface area (Å²) >= 11 is 0. The average molecular weight is 505 g/mol. The molecule has 4 heterocycles. The second kappa shape index (κ2) is 9.64. The van der Waals surface area contributed by atoms with Gasteiger partial charge in [0.05, 0.1) is 24.1 Å². The van der Waals surface area contributed by atoms with E-state index >= 15 is 0 Å². The van der Waals surface area contributed by atoms with Crippen LogP contribution in [0.4, 0.5) is 20.8 Å². The lowest BCUT2D eigenvalue weighted by molar-refractivity contribution is 0.0223. The highest BCUT2D eigenvalue weighted by Crippen LogP contribution is 2.29. The summed E-state index contributed by atoms with van der Waals surface area (Å²) in [6, 6.07) is 8.10. The molecule has 1 amide bonds. The molecule has 1 aliphatic rings. The Labute approximate surface area is 213 Å². The van der Waals surface area contributed by atoms with Crippen LogP contribution in [-0.2, 0) is 24.1 Å². The maximum atomic E-state index is 13.4. The third-order valence-corrected chi connectivity index (χ3v) is 6.06. The molecule has 0 saturated heterocycles. The Bertz CT molecular complexity index is 1420. The Morgan fingerprint density at radius 3 is 2.73 bits per heavy atom. The van der Waals surface area contributed by atoms with E-state index in [-0.39, 0.29) is 11.9 Å². The van der Waals surface area contributed by atoms with Gasteiger partial charge in [0.1, 0.15) is 23.6 Å². The summed E-state index contributed by atoms with van der Waals surface area (Å²) < 4.78 is 20.7. The highest BCUT2D eigenvalue weighted by atomic mass is 19.1. The van der Waals surface area contributed by atoms with E-state index in [1.165, 1.54) is 18.5 Å². The molecule has 0 spiro atoms. The van der Waals surface area contributed by atoms with Crippen LogP contribution in [-0.4, -0.2) is 53.1 Å². The van der Waals surface area contributed by atoms with Crippen molar-refractivity contribution < 1.29 is 13.9 Å². The van der Waals surface area contributed by atoms with Gasteiger partial charge in [-0.1, -0.05) is 6.92 Å². The molecule has 0 radical (unpaired) electrons. The van der Waals surface area contributed by atoms with Gasteiger partial charge in [0, 0.05) is 35.7 Å². The van der Waals surface area contributed by atoms with Gasteiger partial charge >= 0.3 is 6.09 Å². The second-order valence-electron chi connectivity index (χ2n) is 9.85. The quantitative estimate of drug-likeness (QED) is 0.402. The number of H-pyrrole nitrogens is 1. The smallest absolute Gasteiger partial charge is 0.410 e. The molecule has 5 rings (SSSR count). The first-order chi connectivity index (χ1) is 17.7. The monoisotopic (exact) mass is 504 g/mol. The van der Waals surface area contributed by atoms with Crippen molar-refractivity contribution in [3.63, 3.8) is 0 Å². The van der Waals surface area contributed by atoms with Gasteiger partial charge in [0.25, 0.3) is 0 Å². The van der Waals surface area contributed by atoms with Crippen LogP contribution >= 0.6 is 0 Å². The molecule has 0 unspecified atom stereocenters. The summed E-state index contributed by atoms with van der Waals surface area (Å²) in [7, 11) is 0. The normalized spacial score (nSPS) is 13.4. The van der Waals surface area contributed by atoms with E-state index in [1.807, 2.05) is 27.7 Å². The molecule has 192 valence electrons. The number of halogens is 1. The summed E-state index contributed by atoms with van der Waals surface area (Å²) in [6.45, 7) is 8.56. The van der Waals surface area contributed by atoms with Crippen LogP contribution in [0.2, 0.25) is 0 Å². The van der Waals surface area contributed by atoms with Gasteiger partial charge in [0.15, 0.2) is 11.6 Å². The lowest BCUT2D eigenvalue weighted by Gasteiger charge is -2.30. The minimum Gasteiger partial charge on any atom is -0.444 e. The maximum absolute atomic E-state index is 13.4. The van der Waals surface area contributed by atoms with E-state index in [2.05, 4.69) is 30.6 Å². The number of nitrogens with zero attached hydrogens (tertiary/aromatic N) is 6. The van der Waals surface area contributed by atoms with E-state index in [9.17, 15) is 9.18 Å². The molecule has 0 fully saturated rings. The molecule has 3 aromatic heterocycles. The van der Waals surface area contributed by atoms with Gasteiger partial charge < -0.3 is 15.0 Å². The van der Waals surface area contributed by atoms with Crippen LogP contribution in [0, 0.1) is 5.82 Å². The number of ether oxygens (including phenoxy) is 1. The van der Waals surface area contributed by atoms with Crippen LogP contribution in [0.15, 0.2) is 42.9 Å². The van der Waals surface area contributed by atoms with Crippen LogP contribution in [0.1, 0.15) is 44.5 Å². The highest BCUT2D eigenvalue weighted by molar-refractivity contribution is 5.71. The molecule has 0 bridgehead atoms. The number of anilines is 2. The molecule has 0 aliphatic carbocycles. The molecule has 1 aliphatic heterocycles. The summed E-state index contributed by atoms with van der Waals surface area (Å²) in [5.74, 6) is 1.53. The highest BCUT2D eigenvalue weighted by Gasteiger charge is 2.28. The Kier molecular flexibility index (Phi) is 6.36. The van der Waals surface area contributed by atoms with Gasteiger partial charge in [0.2, 0.25) is 0 Å². The van der Waals surface area contributed by atoms with Gasteiger partial charge in [-0.25, -0.2) is 23.8 Å². The number of aromatic nitrogens is 6. The fourth-order valence-electron chi connectivity index (χ4n) is 4.33. The molecule has 37 heavy (non-hydrogen) atoms. The summed E-state index contributed by atoms with van der Waals surface area (Å²) in [6.07, 6.45) is 4.25. The van der Waals surface area contributed by atoms with Gasteiger partial charge in [-0.3, -0.25) is 5.10 Å². The zero-order valence-electron chi connectivity index (χ0n) is 21.2. The number of hydrogen-bond acceptors (Lipinski definition) is 7. The number of amides is 1. The number of rotatable bonds is 5. The van der Waals surface area contributed by atoms with Gasteiger partial charge in [-0.05, 0) is 51.5 Å². The Morgan fingerprint density at radius 2 is 2.00 bits per heavy atom. The maximum Gasteiger partial charge on any atom is 0.410 e. The van der Waals surface area contributed by atoms with Gasteiger partial charge in [-0.2, -0.15) is 10.2 Å². The summed E-state index contributed by atoms with van der Waals surface area (Å²) in [5.41, 5.74) is 4.05.